The maximum Gasteiger partial charge on any atom is 0.106 e. The lowest BCUT2D eigenvalue weighted by molar-refractivity contribution is 0.552. The third-order valence-electron chi connectivity index (χ3n) is 5.69. The molecule has 4 rings (SSSR count). The highest BCUT2D eigenvalue weighted by Crippen LogP contribution is 2.35. The van der Waals surface area contributed by atoms with Crippen molar-refractivity contribution < 1.29 is 4.21 Å². The molecule has 0 aliphatic carbocycles. The first kappa shape index (κ1) is 24.8. The first-order valence-electron chi connectivity index (χ1n) is 11.5. The van der Waals surface area contributed by atoms with Crippen LogP contribution in [-0.4, -0.2) is 23.7 Å². The Hall–Kier alpha value is -2.35. The maximum atomic E-state index is 13.2. The molecule has 2 aromatic carbocycles. The van der Waals surface area contributed by atoms with E-state index in [1.807, 2.05) is 57.2 Å². The standard InChI is InChI=1S/C27H31BrN4OS/c1-18(2)32-24-15-9-8-14-22(24)26(30-32)21-13-7-6-12-20(21)23(31-34(33)27(3,4)5)17-19-11-10-16-25(28)29-19/h6-16,18,23,31H,17H2,1-5H3. The zero-order valence-corrected chi connectivity index (χ0v) is 22.7. The fourth-order valence-electron chi connectivity index (χ4n) is 3.99. The van der Waals surface area contributed by atoms with Gasteiger partial charge in [0.1, 0.15) is 10.3 Å². The molecule has 0 radical (unpaired) electrons. The molecule has 7 heteroatoms. The average molecular weight is 540 g/mol. The second-order valence-corrected chi connectivity index (χ2v) is 12.5. The van der Waals surface area contributed by atoms with Gasteiger partial charge in [-0.05, 0) is 74.3 Å². The summed E-state index contributed by atoms with van der Waals surface area (Å²) in [6, 6.07) is 22.6. The Balaban J connectivity index is 1.86. The van der Waals surface area contributed by atoms with Crippen molar-refractivity contribution in [2.75, 3.05) is 0 Å². The van der Waals surface area contributed by atoms with Crippen LogP contribution >= 0.6 is 15.9 Å². The fraction of sp³-hybridized carbons (Fsp3) is 0.333. The lowest BCUT2D eigenvalue weighted by Gasteiger charge is -2.26. The van der Waals surface area contributed by atoms with Gasteiger partial charge in [-0.1, -0.05) is 48.5 Å². The van der Waals surface area contributed by atoms with Gasteiger partial charge in [-0.3, -0.25) is 4.68 Å². The molecular weight excluding hydrogens is 508 g/mol. The van der Waals surface area contributed by atoms with Crippen LogP contribution < -0.4 is 4.72 Å². The monoisotopic (exact) mass is 538 g/mol. The van der Waals surface area contributed by atoms with Crippen LogP contribution in [-0.2, 0) is 17.4 Å². The summed E-state index contributed by atoms with van der Waals surface area (Å²) in [6.45, 7) is 10.2. The van der Waals surface area contributed by atoms with Crippen LogP contribution in [0.1, 0.15) is 58.0 Å². The molecule has 0 bridgehead atoms. The van der Waals surface area contributed by atoms with Gasteiger partial charge in [0.25, 0.3) is 0 Å². The van der Waals surface area contributed by atoms with Gasteiger partial charge in [0.05, 0.1) is 27.3 Å². The van der Waals surface area contributed by atoms with E-state index >= 15 is 0 Å². The van der Waals surface area contributed by atoms with Crippen LogP contribution in [0.2, 0.25) is 0 Å². The smallest absolute Gasteiger partial charge is 0.106 e. The number of halogens is 1. The SMILES string of the molecule is CC(C)n1nc(-c2ccccc2C(Cc2cccc(Br)n2)NS(=O)C(C)(C)C)c2ccccc21. The second kappa shape index (κ2) is 10.1. The van der Waals surface area contributed by atoms with E-state index in [0.29, 0.717) is 6.42 Å². The predicted octanol–water partition coefficient (Wildman–Crippen LogP) is 6.78. The van der Waals surface area contributed by atoms with Gasteiger partial charge in [-0.2, -0.15) is 5.10 Å². The van der Waals surface area contributed by atoms with Crippen molar-refractivity contribution in [3.63, 3.8) is 0 Å². The Morgan fingerprint density at radius 1 is 1.00 bits per heavy atom. The maximum absolute atomic E-state index is 13.2. The molecule has 5 nitrogen and oxygen atoms in total. The van der Waals surface area contributed by atoms with Crippen molar-refractivity contribution in [2.24, 2.45) is 0 Å². The number of rotatable bonds is 7. The van der Waals surface area contributed by atoms with Gasteiger partial charge < -0.3 is 0 Å². The molecule has 0 saturated heterocycles. The Kier molecular flexibility index (Phi) is 7.36. The molecule has 0 aliphatic rings. The number of nitrogens with one attached hydrogen (secondary N) is 1. The summed E-state index contributed by atoms with van der Waals surface area (Å²) in [4.78, 5) is 4.65. The van der Waals surface area contributed by atoms with Crippen LogP contribution in [0.15, 0.2) is 71.3 Å². The van der Waals surface area contributed by atoms with Gasteiger partial charge in [-0.15, -0.1) is 0 Å². The average Bonchev–Trinajstić information content (AvgIpc) is 3.18. The van der Waals surface area contributed by atoms with Crippen molar-refractivity contribution >= 4 is 37.8 Å². The summed E-state index contributed by atoms with van der Waals surface area (Å²) in [5.41, 5.74) is 5.07. The number of hydrogen-bond acceptors (Lipinski definition) is 3. The number of aromatic nitrogens is 3. The molecular formula is C27H31BrN4OS. The van der Waals surface area contributed by atoms with Gasteiger partial charge in [-0.25, -0.2) is 13.9 Å². The molecule has 0 fully saturated rings. The Bertz CT molecular complexity index is 1330. The van der Waals surface area contributed by atoms with Crippen molar-refractivity contribution in [2.45, 2.75) is 57.9 Å². The normalized spacial score (nSPS) is 14.0. The minimum Gasteiger partial charge on any atom is -0.262 e. The molecule has 0 amide bonds. The zero-order valence-electron chi connectivity index (χ0n) is 20.2. The molecule has 4 aromatic rings. The fourth-order valence-corrected chi connectivity index (χ4v) is 5.20. The van der Waals surface area contributed by atoms with Crippen LogP contribution in [0.25, 0.3) is 22.2 Å². The van der Waals surface area contributed by atoms with Gasteiger partial charge in [0.15, 0.2) is 0 Å². The molecule has 2 heterocycles. The molecule has 2 unspecified atom stereocenters. The Morgan fingerprint density at radius 2 is 1.71 bits per heavy atom. The lowest BCUT2D eigenvalue weighted by atomic mass is 9.94. The summed E-state index contributed by atoms with van der Waals surface area (Å²) >= 11 is 3.48. The van der Waals surface area contributed by atoms with Gasteiger partial charge >= 0.3 is 0 Å². The largest absolute Gasteiger partial charge is 0.262 e. The summed E-state index contributed by atoms with van der Waals surface area (Å²) in [5.74, 6) is 0. The van der Waals surface area contributed by atoms with E-state index in [9.17, 15) is 4.21 Å². The number of hydrogen-bond donors (Lipinski definition) is 1. The van der Waals surface area contributed by atoms with Crippen molar-refractivity contribution in [1.29, 1.82) is 0 Å². The molecule has 0 saturated carbocycles. The molecule has 34 heavy (non-hydrogen) atoms. The minimum atomic E-state index is -1.26. The molecule has 2 aromatic heterocycles. The molecule has 1 N–H and O–H groups in total. The highest BCUT2D eigenvalue weighted by molar-refractivity contribution is 9.10. The number of nitrogens with zero attached hydrogens (tertiary/aromatic N) is 3. The summed E-state index contributed by atoms with van der Waals surface area (Å²) < 4.78 is 19.1. The molecule has 0 aliphatic heterocycles. The van der Waals surface area contributed by atoms with E-state index in [1.54, 1.807) is 0 Å². The van der Waals surface area contributed by atoms with E-state index in [4.69, 9.17) is 5.10 Å². The quantitative estimate of drug-likeness (QED) is 0.264. The van der Waals surface area contributed by atoms with Crippen LogP contribution in [0.4, 0.5) is 0 Å². The van der Waals surface area contributed by atoms with Crippen LogP contribution in [0.3, 0.4) is 0 Å². The van der Waals surface area contributed by atoms with Gasteiger partial charge in [0, 0.05) is 29.1 Å². The van der Waals surface area contributed by atoms with E-state index in [-0.39, 0.29) is 12.1 Å². The third-order valence-corrected chi connectivity index (χ3v) is 7.74. The van der Waals surface area contributed by atoms with Crippen LogP contribution in [0, 0.1) is 0 Å². The highest BCUT2D eigenvalue weighted by atomic mass is 79.9. The topological polar surface area (TPSA) is 59.8 Å². The highest BCUT2D eigenvalue weighted by Gasteiger charge is 2.27. The van der Waals surface area contributed by atoms with E-state index in [2.05, 4.69) is 74.5 Å². The first-order valence-corrected chi connectivity index (χ1v) is 13.5. The number of fused-ring (bicyclic) bond motifs is 1. The summed E-state index contributed by atoms with van der Waals surface area (Å²) in [5, 5.41) is 6.15. The van der Waals surface area contributed by atoms with Crippen molar-refractivity contribution in [1.82, 2.24) is 19.5 Å². The second-order valence-electron chi connectivity index (χ2n) is 9.70. The molecule has 0 spiro atoms. The summed E-state index contributed by atoms with van der Waals surface area (Å²) in [6.07, 6.45) is 0.598. The van der Waals surface area contributed by atoms with Crippen LogP contribution in [0.5, 0.6) is 0 Å². The predicted molar refractivity (Wildman–Crippen MR) is 145 cm³/mol. The third kappa shape index (κ3) is 5.32. The lowest BCUT2D eigenvalue weighted by Crippen LogP contribution is -2.36. The minimum absolute atomic E-state index is 0.207. The first-order chi connectivity index (χ1) is 16.1. The zero-order chi connectivity index (χ0) is 24.5. The number of pyridine rings is 1. The molecule has 178 valence electrons. The van der Waals surface area contributed by atoms with E-state index in [0.717, 1.165) is 38.0 Å². The van der Waals surface area contributed by atoms with Crippen molar-refractivity contribution in [3.8, 4) is 11.3 Å². The molecule has 2 atom stereocenters. The van der Waals surface area contributed by atoms with E-state index in [1.165, 1.54) is 0 Å². The Morgan fingerprint density at radius 3 is 2.41 bits per heavy atom. The van der Waals surface area contributed by atoms with Crippen molar-refractivity contribution in [3.05, 3.63) is 82.6 Å². The van der Waals surface area contributed by atoms with E-state index < -0.39 is 15.7 Å². The van der Waals surface area contributed by atoms with Gasteiger partial charge in [0.2, 0.25) is 0 Å². The number of benzene rings is 2. The number of para-hydroxylation sites is 1. The summed E-state index contributed by atoms with van der Waals surface area (Å²) in [7, 11) is -1.26. The Labute approximate surface area is 212 Å².